The van der Waals surface area contributed by atoms with Crippen molar-refractivity contribution in [1.29, 1.82) is 0 Å². The highest BCUT2D eigenvalue weighted by atomic mass is 15.4. The molecule has 0 amide bonds. The maximum Gasteiger partial charge on any atom is 0.200 e. The fourth-order valence-corrected chi connectivity index (χ4v) is 14.3. The Kier molecular flexibility index (Phi) is 15.0. The minimum atomic E-state index is -0.0517. The second-order valence-electron chi connectivity index (χ2n) is 24.8. The van der Waals surface area contributed by atoms with E-state index in [0.29, 0.717) is 0 Å². The molecule has 20 rings (SSSR count). The topological polar surface area (TPSA) is 121 Å². The van der Waals surface area contributed by atoms with Crippen LogP contribution in [0.5, 0.6) is 0 Å². The normalized spacial score (nSPS) is 13.1. The summed E-state index contributed by atoms with van der Waals surface area (Å²) in [7, 11) is 0. The molecule has 1 unspecified atom stereocenters. The Balaban J connectivity index is 0.000000109. The van der Waals surface area contributed by atoms with Gasteiger partial charge < -0.3 is 10.2 Å². The Morgan fingerprint density at radius 1 is 0.320 bits per heavy atom. The molecule has 470 valence electrons. The fourth-order valence-electron chi connectivity index (χ4n) is 14.3. The summed E-state index contributed by atoms with van der Waals surface area (Å²) in [4.78, 5) is 40.4. The third-order valence-corrected chi connectivity index (χ3v) is 19.0. The van der Waals surface area contributed by atoms with Crippen LogP contribution in [0.15, 0.2) is 346 Å². The zero-order chi connectivity index (χ0) is 66.3. The van der Waals surface area contributed by atoms with E-state index in [0.717, 1.165) is 94.7 Å². The maximum absolute atomic E-state index is 4.81. The first-order valence-electron chi connectivity index (χ1n) is 33.3. The molecule has 1 N–H and O–H groups in total. The van der Waals surface area contributed by atoms with Crippen LogP contribution in [0.2, 0.25) is 0 Å². The Hall–Kier alpha value is -13.6. The second kappa shape index (κ2) is 25.5. The molecule has 6 aromatic heterocycles. The van der Waals surface area contributed by atoms with Crippen molar-refractivity contribution in [1.82, 2.24) is 45.1 Å². The van der Waals surface area contributed by atoms with Crippen molar-refractivity contribution >= 4 is 127 Å². The molecule has 11 heteroatoms. The Labute approximate surface area is 575 Å². The van der Waals surface area contributed by atoms with Gasteiger partial charge in [0.2, 0.25) is 0 Å². The van der Waals surface area contributed by atoms with Gasteiger partial charge >= 0.3 is 0 Å². The van der Waals surface area contributed by atoms with Crippen molar-refractivity contribution in [3.63, 3.8) is 0 Å². The summed E-state index contributed by atoms with van der Waals surface area (Å²) in [5, 5.41) is 21.8. The zero-order valence-corrected chi connectivity index (χ0v) is 54.0. The third kappa shape index (κ3) is 10.9. The van der Waals surface area contributed by atoms with Crippen LogP contribution in [-0.2, 0) is 0 Å². The van der Waals surface area contributed by atoms with E-state index in [4.69, 9.17) is 15.0 Å². The number of rotatable bonds is 8. The molecule has 8 heterocycles. The molecule has 11 nitrogen and oxygen atoms in total. The molecule has 0 fully saturated rings. The Bertz CT molecular complexity index is 6210. The predicted octanol–water partition coefficient (Wildman–Crippen LogP) is 21.4. The van der Waals surface area contributed by atoms with Gasteiger partial charge in [-0.15, -0.1) is 0 Å². The van der Waals surface area contributed by atoms with Crippen LogP contribution in [0, 0.1) is 0 Å². The van der Waals surface area contributed by atoms with Crippen molar-refractivity contribution in [3.8, 4) is 44.5 Å². The number of allylic oxidation sites excluding steroid dienone is 1. The first kappa shape index (κ1) is 58.9. The Morgan fingerprint density at radius 2 is 0.720 bits per heavy atom. The minimum Gasteiger partial charge on any atom is -0.345 e. The van der Waals surface area contributed by atoms with E-state index in [9.17, 15) is 0 Å². The number of fused-ring (bicyclic) bond motifs is 13. The molecule has 18 aromatic rings. The van der Waals surface area contributed by atoms with Gasteiger partial charge in [0.05, 0.1) is 22.2 Å². The molecule has 100 heavy (non-hydrogen) atoms. The van der Waals surface area contributed by atoms with E-state index >= 15 is 0 Å². The standard InChI is InChI=1S/C33H22N4.C29H20N4.C27H17N3/c1-2-10-27-23(8-1)15-18-28-29(27)22-25-9-7-21-36-33(25)32(28)24-13-16-26(17-14-24)37(30-11-3-5-19-34-30)31-12-4-6-20-35-31;1-2-7-23-19(5-1)12-13-24-25(23)17-22-6-3-14-30-28(22)27(24)21-10-8-20(9-11-21)26-18-33-16-4-15-31-29(33)32-26;1-2-6-23-19(4-1)11-12-24-25(23)14-21-5-3-13-30-27(21)26(24)20-9-7-18(8-10-20)22-15-28-17-29-16-22/h1-22H;1-18,29,32H;1-17H. The smallest absolute Gasteiger partial charge is 0.200 e. The molecule has 0 saturated carbocycles. The number of pyridine rings is 5. The van der Waals surface area contributed by atoms with Gasteiger partial charge in [0.1, 0.15) is 18.0 Å². The number of benzene rings is 12. The average Bonchev–Trinajstić information content (AvgIpc) is 0.814. The van der Waals surface area contributed by atoms with Crippen LogP contribution in [0.3, 0.4) is 0 Å². The molecular weight excluding hydrogens is 1220 g/mol. The lowest BCUT2D eigenvalue weighted by atomic mass is 9.91. The number of aliphatic imine (C=N–C) groups is 1. The molecule has 2 aliphatic heterocycles. The number of nitrogens with one attached hydrogen (secondary N) is 1. The lowest BCUT2D eigenvalue weighted by molar-refractivity contribution is 0.377. The molecule has 0 saturated heterocycles. The summed E-state index contributed by atoms with van der Waals surface area (Å²) in [5.41, 5.74) is 15.3. The maximum atomic E-state index is 4.81. The predicted molar refractivity (Wildman–Crippen MR) is 412 cm³/mol. The van der Waals surface area contributed by atoms with Gasteiger partial charge in [0.15, 0.2) is 6.29 Å². The van der Waals surface area contributed by atoms with Crippen LogP contribution >= 0.6 is 0 Å². The largest absolute Gasteiger partial charge is 0.345 e. The van der Waals surface area contributed by atoms with Crippen molar-refractivity contribution < 1.29 is 0 Å². The highest BCUT2D eigenvalue weighted by Gasteiger charge is 2.24. The molecule has 12 aromatic carbocycles. The van der Waals surface area contributed by atoms with Crippen LogP contribution in [-0.4, -0.2) is 52.3 Å². The van der Waals surface area contributed by atoms with Crippen molar-refractivity contribution in [2.75, 3.05) is 4.90 Å². The number of nitrogens with zero attached hydrogens (tertiary/aromatic N) is 10. The first-order chi connectivity index (χ1) is 49.6. The number of hydrogen-bond acceptors (Lipinski definition) is 11. The molecule has 0 bridgehead atoms. The van der Waals surface area contributed by atoms with E-state index in [2.05, 4.69) is 265 Å². The summed E-state index contributed by atoms with van der Waals surface area (Å²) in [6.07, 6.45) is 22.3. The van der Waals surface area contributed by atoms with E-state index in [1.54, 1.807) is 18.7 Å². The fraction of sp³-hybridized carbons (Fsp3) is 0.0112. The van der Waals surface area contributed by atoms with Crippen molar-refractivity contribution in [3.05, 3.63) is 347 Å². The average molecular weight is 1280 g/mol. The number of hydrogen-bond donors (Lipinski definition) is 1. The summed E-state index contributed by atoms with van der Waals surface area (Å²) in [6.45, 7) is 0. The molecule has 0 radical (unpaired) electrons. The Morgan fingerprint density at radius 3 is 1.16 bits per heavy atom. The van der Waals surface area contributed by atoms with Gasteiger partial charge in [0, 0.05) is 106 Å². The zero-order valence-electron chi connectivity index (χ0n) is 54.0. The second-order valence-corrected chi connectivity index (χ2v) is 24.8. The highest BCUT2D eigenvalue weighted by molar-refractivity contribution is 6.22. The third-order valence-electron chi connectivity index (χ3n) is 19.0. The highest BCUT2D eigenvalue weighted by Crippen LogP contribution is 2.44. The van der Waals surface area contributed by atoms with Gasteiger partial charge in [-0.3, -0.25) is 19.9 Å². The monoisotopic (exact) mass is 1280 g/mol. The van der Waals surface area contributed by atoms with Crippen LogP contribution in [0.4, 0.5) is 17.3 Å². The van der Waals surface area contributed by atoms with Crippen LogP contribution in [0.25, 0.3) is 148 Å². The molecular formula is C89H59N11. The van der Waals surface area contributed by atoms with Crippen molar-refractivity contribution in [2.45, 2.75) is 6.29 Å². The molecule has 1 atom stereocenters. The summed E-state index contributed by atoms with van der Waals surface area (Å²) >= 11 is 0. The molecule has 0 spiro atoms. The van der Waals surface area contributed by atoms with E-state index in [1.165, 1.54) is 75.8 Å². The van der Waals surface area contributed by atoms with Gasteiger partial charge in [-0.1, -0.05) is 200 Å². The number of aromatic nitrogens is 7. The molecule has 2 aliphatic rings. The van der Waals surface area contributed by atoms with E-state index in [1.807, 2.05) is 104 Å². The summed E-state index contributed by atoms with van der Waals surface area (Å²) in [5.74, 6) is 1.63. The van der Waals surface area contributed by atoms with Gasteiger partial charge in [0.25, 0.3) is 0 Å². The lowest BCUT2D eigenvalue weighted by Gasteiger charge is -2.23. The minimum absolute atomic E-state index is 0.0517. The van der Waals surface area contributed by atoms with Gasteiger partial charge in [-0.25, -0.2) is 24.9 Å². The van der Waals surface area contributed by atoms with E-state index in [-0.39, 0.29) is 6.29 Å². The summed E-state index contributed by atoms with van der Waals surface area (Å²) < 4.78 is 0. The lowest BCUT2D eigenvalue weighted by Crippen LogP contribution is -2.32. The SMILES string of the molecule is C1=CN2C=C(c3ccc(-c4c5ccc6ccccc6c5cc5cccnc45)cc3)NC2N=C1.c1ccc(N(c2ccc(-c3c4ccc5ccccc5c4cc4cccnc34)cc2)c2ccccn2)nc1.c1cnc2c(-c3ccc(-c4cncnc4)cc3)c3ccc4ccccc4c3cc2c1. The van der Waals surface area contributed by atoms with Gasteiger partial charge in [-0.2, -0.15) is 0 Å². The van der Waals surface area contributed by atoms with Crippen molar-refractivity contribution in [2.24, 2.45) is 4.99 Å². The quantitative estimate of drug-likeness (QED) is 0.116. The van der Waals surface area contributed by atoms with Crippen LogP contribution < -0.4 is 10.2 Å². The van der Waals surface area contributed by atoms with Gasteiger partial charge in [-0.05, 0) is 171 Å². The summed E-state index contributed by atoms with van der Waals surface area (Å²) in [6, 6.07) is 96.0. The number of anilines is 3. The molecule has 0 aliphatic carbocycles. The first-order valence-corrected chi connectivity index (χ1v) is 33.3. The van der Waals surface area contributed by atoms with E-state index < -0.39 is 0 Å². The van der Waals surface area contributed by atoms with Crippen LogP contribution in [0.1, 0.15) is 5.56 Å².